The van der Waals surface area contributed by atoms with Crippen molar-refractivity contribution in [3.8, 4) is 0 Å². The van der Waals surface area contributed by atoms with Crippen LogP contribution in [0, 0.1) is 0 Å². The van der Waals surface area contributed by atoms with Gasteiger partial charge in [0.2, 0.25) is 0 Å². The molecule has 1 atom stereocenters. The molecule has 0 N–H and O–H groups in total. The molecule has 1 amide bonds. The van der Waals surface area contributed by atoms with Crippen molar-refractivity contribution in [1.29, 1.82) is 0 Å². The van der Waals surface area contributed by atoms with Crippen LogP contribution in [-0.4, -0.2) is 43.4 Å². The van der Waals surface area contributed by atoms with Gasteiger partial charge in [-0.05, 0) is 36.6 Å². The van der Waals surface area contributed by atoms with E-state index < -0.39 is 0 Å². The summed E-state index contributed by atoms with van der Waals surface area (Å²) in [6, 6.07) is 9.46. The van der Waals surface area contributed by atoms with Crippen molar-refractivity contribution in [2.75, 3.05) is 13.1 Å². The second kappa shape index (κ2) is 7.47. The Morgan fingerprint density at radius 1 is 1.12 bits per heavy atom. The molecule has 1 aliphatic heterocycles. The number of hydrogen-bond acceptors (Lipinski definition) is 4. The lowest BCUT2D eigenvalue weighted by Crippen LogP contribution is -2.40. The minimum absolute atomic E-state index is 0.000616. The molecular formula is C20H21N5O. The molecule has 6 heteroatoms. The Balaban J connectivity index is 1.50. The Kier molecular flexibility index (Phi) is 4.73. The smallest absolute Gasteiger partial charge is 0.272 e. The predicted octanol–water partition coefficient (Wildman–Crippen LogP) is 2.74. The van der Waals surface area contributed by atoms with E-state index in [4.69, 9.17) is 0 Å². The Morgan fingerprint density at radius 3 is 2.88 bits per heavy atom. The standard InChI is InChI=1S/C20H21N5O/c26-20(18-7-1-2-9-22-18)25-11-4-6-17(15-25)19-23-10-12-24(19)14-16-5-3-8-21-13-16/h1-3,5,7-10,12-13,17H,4,6,11,14-15H2/t17-/m1/s1. The molecule has 6 nitrogen and oxygen atoms in total. The zero-order valence-corrected chi connectivity index (χ0v) is 14.5. The average Bonchev–Trinajstić information content (AvgIpc) is 3.17. The highest BCUT2D eigenvalue weighted by atomic mass is 16.2. The normalized spacial score (nSPS) is 17.2. The van der Waals surface area contributed by atoms with E-state index in [1.54, 1.807) is 18.5 Å². The molecule has 0 radical (unpaired) electrons. The van der Waals surface area contributed by atoms with E-state index in [1.807, 2.05) is 41.7 Å². The molecule has 4 heterocycles. The zero-order chi connectivity index (χ0) is 17.8. The lowest BCUT2D eigenvalue weighted by atomic mass is 9.96. The first kappa shape index (κ1) is 16.4. The Morgan fingerprint density at radius 2 is 2.08 bits per heavy atom. The maximum absolute atomic E-state index is 12.7. The monoisotopic (exact) mass is 347 g/mol. The molecule has 0 unspecified atom stereocenters. The summed E-state index contributed by atoms with van der Waals surface area (Å²) in [6.45, 7) is 2.20. The van der Waals surface area contributed by atoms with Crippen LogP contribution >= 0.6 is 0 Å². The van der Waals surface area contributed by atoms with Gasteiger partial charge in [0, 0.05) is 50.0 Å². The van der Waals surface area contributed by atoms with Gasteiger partial charge in [-0.25, -0.2) is 4.98 Å². The number of pyridine rings is 2. The van der Waals surface area contributed by atoms with Crippen LogP contribution in [0.5, 0.6) is 0 Å². The van der Waals surface area contributed by atoms with Crippen molar-refractivity contribution >= 4 is 5.91 Å². The third-order valence-corrected chi connectivity index (χ3v) is 4.78. The molecule has 3 aromatic rings. The van der Waals surface area contributed by atoms with E-state index in [-0.39, 0.29) is 11.8 Å². The molecule has 132 valence electrons. The van der Waals surface area contributed by atoms with Crippen molar-refractivity contribution in [2.24, 2.45) is 0 Å². The number of rotatable bonds is 4. The number of carbonyl (C=O) groups is 1. The van der Waals surface area contributed by atoms with Crippen LogP contribution in [0.25, 0.3) is 0 Å². The third-order valence-electron chi connectivity index (χ3n) is 4.78. The van der Waals surface area contributed by atoms with Gasteiger partial charge in [-0.1, -0.05) is 12.1 Å². The number of hydrogen-bond donors (Lipinski definition) is 0. The van der Waals surface area contributed by atoms with Crippen molar-refractivity contribution in [3.63, 3.8) is 0 Å². The molecular weight excluding hydrogens is 326 g/mol. The van der Waals surface area contributed by atoms with Gasteiger partial charge in [-0.3, -0.25) is 14.8 Å². The van der Waals surface area contributed by atoms with Crippen molar-refractivity contribution in [1.82, 2.24) is 24.4 Å². The molecule has 0 saturated carbocycles. The van der Waals surface area contributed by atoms with E-state index in [1.165, 1.54) is 0 Å². The summed E-state index contributed by atoms with van der Waals surface area (Å²) in [5, 5.41) is 0. The summed E-state index contributed by atoms with van der Waals surface area (Å²) >= 11 is 0. The summed E-state index contributed by atoms with van der Waals surface area (Å²) in [6.07, 6.45) is 11.2. The number of likely N-dealkylation sites (tertiary alicyclic amines) is 1. The molecule has 0 bridgehead atoms. The highest BCUT2D eigenvalue weighted by Crippen LogP contribution is 2.27. The van der Waals surface area contributed by atoms with E-state index in [2.05, 4.69) is 25.6 Å². The van der Waals surface area contributed by atoms with Crippen LogP contribution < -0.4 is 0 Å². The first-order chi connectivity index (χ1) is 12.8. The van der Waals surface area contributed by atoms with Gasteiger partial charge in [-0.15, -0.1) is 0 Å². The quantitative estimate of drug-likeness (QED) is 0.728. The van der Waals surface area contributed by atoms with Crippen molar-refractivity contribution < 1.29 is 4.79 Å². The van der Waals surface area contributed by atoms with Crippen LogP contribution in [0.4, 0.5) is 0 Å². The summed E-state index contributed by atoms with van der Waals surface area (Å²) in [5.74, 6) is 1.27. The number of amides is 1. The molecule has 1 aliphatic rings. The first-order valence-electron chi connectivity index (χ1n) is 8.91. The fourth-order valence-corrected chi connectivity index (χ4v) is 3.53. The number of nitrogens with zero attached hydrogens (tertiary/aromatic N) is 5. The SMILES string of the molecule is O=C(c1ccccn1)N1CCC[C@@H](c2nccn2Cc2cccnc2)C1. The van der Waals surface area contributed by atoms with Gasteiger partial charge in [-0.2, -0.15) is 0 Å². The fourth-order valence-electron chi connectivity index (χ4n) is 3.53. The van der Waals surface area contributed by atoms with Crippen LogP contribution in [0.3, 0.4) is 0 Å². The van der Waals surface area contributed by atoms with Crippen molar-refractivity contribution in [2.45, 2.75) is 25.3 Å². The molecule has 1 fully saturated rings. The largest absolute Gasteiger partial charge is 0.337 e. The zero-order valence-electron chi connectivity index (χ0n) is 14.5. The fraction of sp³-hybridized carbons (Fsp3) is 0.300. The Hall–Kier alpha value is -3.02. The van der Waals surface area contributed by atoms with Gasteiger partial charge in [0.25, 0.3) is 5.91 Å². The van der Waals surface area contributed by atoms with Gasteiger partial charge in [0.15, 0.2) is 0 Å². The highest BCUT2D eigenvalue weighted by molar-refractivity contribution is 5.92. The predicted molar refractivity (Wildman–Crippen MR) is 97.7 cm³/mol. The summed E-state index contributed by atoms with van der Waals surface area (Å²) < 4.78 is 2.16. The van der Waals surface area contributed by atoms with Crippen LogP contribution in [0.1, 0.15) is 40.6 Å². The number of aromatic nitrogens is 4. The van der Waals surface area contributed by atoms with Crippen LogP contribution in [0.15, 0.2) is 61.3 Å². The van der Waals surface area contributed by atoms with Crippen molar-refractivity contribution in [3.05, 3.63) is 78.4 Å². The van der Waals surface area contributed by atoms with E-state index in [0.717, 1.165) is 37.3 Å². The second-order valence-corrected chi connectivity index (χ2v) is 6.58. The van der Waals surface area contributed by atoms with E-state index in [9.17, 15) is 4.79 Å². The highest BCUT2D eigenvalue weighted by Gasteiger charge is 2.28. The van der Waals surface area contributed by atoms with Crippen LogP contribution in [0.2, 0.25) is 0 Å². The number of piperidine rings is 1. The molecule has 0 aromatic carbocycles. The molecule has 3 aromatic heterocycles. The number of imidazole rings is 1. The third kappa shape index (κ3) is 3.49. The molecule has 4 rings (SSSR count). The minimum atomic E-state index is 0.000616. The maximum atomic E-state index is 12.7. The van der Waals surface area contributed by atoms with Crippen LogP contribution in [-0.2, 0) is 6.54 Å². The van der Waals surface area contributed by atoms with E-state index >= 15 is 0 Å². The van der Waals surface area contributed by atoms with Gasteiger partial charge >= 0.3 is 0 Å². The molecule has 0 aliphatic carbocycles. The summed E-state index contributed by atoms with van der Waals surface area (Å²) in [7, 11) is 0. The first-order valence-corrected chi connectivity index (χ1v) is 8.91. The average molecular weight is 347 g/mol. The van der Waals surface area contributed by atoms with E-state index in [0.29, 0.717) is 12.2 Å². The topological polar surface area (TPSA) is 63.9 Å². The van der Waals surface area contributed by atoms with Gasteiger partial charge < -0.3 is 9.47 Å². The molecule has 26 heavy (non-hydrogen) atoms. The summed E-state index contributed by atoms with van der Waals surface area (Å²) in [5.41, 5.74) is 1.65. The lowest BCUT2D eigenvalue weighted by Gasteiger charge is -2.32. The second-order valence-electron chi connectivity index (χ2n) is 6.58. The lowest BCUT2D eigenvalue weighted by molar-refractivity contribution is 0.0697. The Bertz CT molecular complexity index is 862. The number of carbonyl (C=O) groups excluding carboxylic acids is 1. The van der Waals surface area contributed by atoms with Gasteiger partial charge in [0.1, 0.15) is 11.5 Å². The van der Waals surface area contributed by atoms with Gasteiger partial charge in [0.05, 0.1) is 6.54 Å². The minimum Gasteiger partial charge on any atom is -0.337 e. The molecule has 1 saturated heterocycles. The maximum Gasteiger partial charge on any atom is 0.272 e. The Labute approximate surface area is 152 Å². The molecule has 0 spiro atoms. The summed E-state index contributed by atoms with van der Waals surface area (Å²) in [4.78, 5) is 27.6.